The average Bonchev–Trinajstić information content (AvgIpc) is 3.02. The minimum absolute atomic E-state index is 0.537. The summed E-state index contributed by atoms with van der Waals surface area (Å²) < 4.78 is 5.69. The molecular formula is C17H27N3O. The van der Waals surface area contributed by atoms with Crippen molar-refractivity contribution >= 4 is 11.4 Å². The highest BCUT2D eigenvalue weighted by Gasteiger charge is 2.19. The quantitative estimate of drug-likeness (QED) is 0.845. The van der Waals surface area contributed by atoms with Crippen molar-refractivity contribution in [3.8, 4) is 0 Å². The first-order chi connectivity index (χ1) is 10.3. The lowest BCUT2D eigenvalue weighted by atomic mass is 10.1. The van der Waals surface area contributed by atoms with Gasteiger partial charge in [0.15, 0.2) is 0 Å². The Morgan fingerprint density at radius 1 is 1.14 bits per heavy atom. The van der Waals surface area contributed by atoms with E-state index in [1.165, 1.54) is 37.9 Å². The van der Waals surface area contributed by atoms with Crippen LogP contribution in [0.2, 0.25) is 0 Å². The minimum Gasteiger partial charge on any atom is -0.397 e. The number of anilines is 2. The molecule has 1 unspecified atom stereocenters. The fraction of sp³-hybridized carbons (Fsp3) is 0.647. The van der Waals surface area contributed by atoms with E-state index in [-0.39, 0.29) is 0 Å². The highest BCUT2D eigenvalue weighted by molar-refractivity contribution is 5.67. The van der Waals surface area contributed by atoms with Gasteiger partial charge in [-0.3, -0.25) is 4.90 Å². The molecule has 0 saturated carbocycles. The van der Waals surface area contributed by atoms with Gasteiger partial charge in [0.25, 0.3) is 0 Å². The van der Waals surface area contributed by atoms with Crippen molar-refractivity contribution in [2.75, 3.05) is 50.0 Å². The molecule has 21 heavy (non-hydrogen) atoms. The summed E-state index contributed by atoms with van der Waals surface area (Å²) in [6, 6.07) is 8.19. The zero-order valence-corrected chi connectivity index (χ0v) is 12.8. The summed E-state index contributed by atoms with van der Waals surface area (Å²) in [5.74, 6) is 0. The Balaban J connectivity index is 1.39. The SMILES string of the molecule is Nc1ccccc1N1CCN(CCCC2CCCO2)CC1. The van der Waals surface area contributed by atoms with Gasteiger partial charge in [-0.25, -0.2) is 0 Å². The van der Waals surface area contributed by atoms with Gasteiger partial charge in [0.1, 0.15) is 0 Å². The van der Waals surface area contributed by atoms with Crippen LogP contribution in [0.4, 0.5) is 11.4 Å². The molecule has 4 heteroatoms. The van der Waals surface area contributed by atoms with E-state index in [1.807, 2.05) is 12.1 Å². The number of nitrogens with zero attached hydrogens (tertiary/aromatic N) is 2. The summed E-state index contributed by atoms with van der Waals surface area (Å²) in [5.41, 5.74) is 8.15. The molecule has 0 amide bonds. The van der Waals surface area contributed by atoms with Crippen molar-refractivity contribution in [2.24, 2.45) is 0 Å². The molecule has 0 radical (unpaired) electrons. The standard InChI is InChI=1S/C17H27N3O/c18-16-7-1-2-8-17(16)20-12-10-19(11-13-20)9-3-5-15-6-4-14-21-15/h1-2,7-8,15H,3-6,9-14,18H2. The predicted octanol–water partition coefficient (Wildman–Crippen LogP) is 2.35. The molecule has 2 aliphatic heterocycles. The van der Waals surface area contributed by atoms with Gasteiger partial charge in [0.05, 0.1) is 17.5 Å². The Morgan fingerprint density at radius 3 is 2.67 bits per heavy atom. The molecule has 0 spiro atoms. The van der Waals surface area contributed by atoms with E-state index in [9.17, 15) is 0 Å². The van der Waals surface area contributed by atoms with Crippen LogP contribution >= 0.6 is 0 Å². The Hall–Kier alpha value is -1.26. The third kappa shape index (κ3) is 3.89. The second-order valence-corrected chi connectivity index (χ2v) is 6.16. The van der Waals surface area contributed by atoms with Gasteiger partial charge in [-0.15, -0.1) is 0 Å². The van der Waals surface area contributed by atoms with Gasteiger partial charge in [-0.2, -0.15) is 0 Å². The monoisotopic (exact) mass is 289 g/mol. The van der Waals surface area contributed by atoms with E-state index in [0.29, 0.717) is 6.10 Å². The van der Waals surface area contributed by atoms with Gasteiger partial charge in [-0.1, -0.05) is 12.1 Å². The van der Waals surface area contributed by atoms with Crippen LogP contribution in [0.3, 0.4) is 0 Å². The number of rotatable bonds is 5. The van der Waals surface area contributed by atoms with E-state index in [1.54, 1.807) is 0 Å². The lowest BCUT2D eigenvalue weighted by Crippen LogP contribution is -2.46. The molecule has 2 N–H and O–H groups in total. The van der Waals surface area contributed by atoms with Crippen molar-refractivity contribution < 1.29 is 4.74 Å². The average molecular weight is 289 g/mol. The Morgan fingerprint density at radius 2 is 1.95 bits per heavy atom. The number of hydrogen-bond acceptors (Lipinski definition) is 4. The van der Waals surface area contributed by atoms with Crippen LogP contribution in [0.15, 0.2) is 24.3 Å². The molecule has 1 aromatic carbocycles. The van der Waals surface area contributed by atoms with Gasteiger partial charge in [0, 0.05) is 32.8 Å². The van der Waals surface area contributed by atoms with Crippen LogP contribution < -0.4 is 10.6 Å². The molecule has 3 rings (SSSR count). The van der Waals surface area contributed by atoms with Crippen molar-refractivity contribution in [2.45, 2.75) is 31.8 Å². The highest BCUT2D eigenvalue weighted by Crippen LogP contribution is 2.23. The Labute approximate surface area is 127 Å². The normalized spacial score (nSPS) is 23.6. The van der Waals surface area contributed by atoms with Crippen LogP contribution in [-0.2, 0) is 4.74 Å². The smallest absolute Gasteiger partial charge is 0.0600 e. The first-order valence-electron chi connectivity index (χ1n) is 8.26. The number of nitrogens with two attached hydrogens (primary N) is 1. The van der Waals surface area contributed by atoms with E-state index in [2.05, 4.69) is 21.9 Å². The minimum atomic E-state index is 0.537. The topological polar surface area (TPSA) is 41.7 Å². The molecule has 4 nitrogen and oxygen atoms in total. The van der Waals surface area contributed by atoms with Crippen LogP contribution in [0.1, 0.15) is 25.7 Å². The Bertz CT molecular complexity index is 437. The summed E-state index contributed by atoms with van der Waals surface area (Å²) in [7, 11) is 0. The summed E-state index contributed by atoms with van der Waals surface area (Å²) in [6.07, 6.45) is 5.54. The van der Waals surface area contributed by atoms with Crippen LogP contribution in [-0.4, -0.2) is 50.3 Å². The van der Waals surface area contributed by atoms with Gasteiger partial charge in [0.2, 0.25) is 0 Å². The molecule has 0 bridgehead atoms. The maximum atomic E-state index is 6.07. The van der Waals surface area contributed by atoms with Gasteiger partial charge >= 0.3 is 0 Å². The summed E-state index contributed by atoms with van der Waals surface area (Å²) >= 11 is 0. The maximum Gasteiger partial charge on any atom is 0.0600 e. The molecule has 2 saturated heterocycles. The number of hydrogen-bond donors (Lipinski definition) is 1. The third-order valence-electron chi connectivity index (χ3n) is 4.67. The molecule has 2 aliphatic rings. The second kappa shape index (κ2) is 7.14. The van der Waals surface area contributed by atoms with E-state index in [0.717, 1.165) is 38.5 Å². The molecule has 1 aromatic rings. The van der Waals surface area contributed by atoms with Gasteiger partial charge < -0.3 is 15.4 Å². The fourth-order valence-corrected chi connectivity index (χ4v) is 3.40. The van der Waals surface area contributed by atoms with Crippen molar-refractivity contribution in [3.63, 3.8) is 0 Å². The van der Waals surface area contributed by atoms with Crippen molar-refractivity contribution in [3.05, 3.63) is 24.3 Å². The lowest BCUT2D eigenvalue weighted by molar-refractivity contribution is 0.0984. The predicted molar refractivity (Wildman–Crippen MR) is 87.7 cm³/mol. The number of ether oxygens (including phenoxy) is 1. The van der Waals surface area contributed by atoms with E-state index < -0.39 is 0 Å². The van der Waals surface area contributed by atoms with Crippen molar-refractivity contribution in [1.82, 2.24) is 4.90 Å². The highest BCUT2D eigenvalue weighted by atomic mass is 16.5. The molecular weight excluding hydrogens is 262 g/mol. The zero-order valence-electron chi connectivity index (χ0n) is 12.8. The first-order valence-corrected chi connectivity index (χ1v) is 8.26. The number of para-hydroxylation sites is 2. The molecule has 2 fully saturated rings. The number of benzene rings is 1. The number of piperazine rings is 1. The zero-order chi connectivity index (χ0) is 14.5. The molecule has 1 atom stereocenters. The van der Waals surface area contributed by atoms with Crippen molar-refractivity contribution in [1.29, 1.82) is 0 Å². The molecule has 0 aromatic heterocycles. The largest absolute Gasteiger partial charge is 0.397 e. The molecule has 116 valence electrons. The fourth-order valence-electron chi connectivity index (χ4n) is 3.40. The first kappa shape index (κ1) is 14.7. The summed E-state index contributed by atoms with van der Waals surface area (Å²) in [4.78, 5) is 4.98. The maximum absolute atomic E-state index is 6.07. The Kier molecular flexibility index (Phi) is 4.99. The molecule has 0 aliphatic carbocycles. The van der Waals surface area contributed by atoms with E-state index in [4.69, 9.17) is 10.5 Å². The third-order valence-corrected chi connectivity index (χ3v) is 4.67. The second-order valence-electron chi connectivity index (χ2n) is 6.16. The number of nitrogen functional groups attached to an aromatic ring is 1. The lowest BCUT2D eigenvalue weighted by Gasteiger charge is -2.36. The van der Waals surface area contributed by atoms with Crippen LogP contribution in [0, 0.1) is 0 Å². The summed E-state index contributed by atoms with van der Waals surface area (Å²) in [6.45, 7) is 6.61. The van der Waals surface area contributed by atoms with Crippen LogP contribution in [0.25, 0.3) is 0 Å². The van der Waals surface area contributed by atoms with E-state index >= 15 is 0 Å². The molecule has 2 heterocycles. The van der Waals surface area contributed by atoms with Crippen LogP contribution in [0.5, 0.6) is 0 Å². The summed E-state index contributed by atoms with van der Waals surface area (Å²) in [5, 5.41) is 0. The van der Waals surface area contributed by atoms with Gasteiger partial charge in [-0.05, 0) is 44.4 Å².